The molecule has 1 atom stereocenters. The molecule has 0 aliphatic heterocycles. The van der Waals surface area contributed by atoms with Crippen molar-refractivity contribution in [3.05, 3.63) is 6.33 Å². The Hall–Kier alpha value is -1.08. The van der Waals surface area contributed by atoms with Crippen LogP contribution in [0, 0.1) is 0 Å². The maximum absolute atomic E-state index is 12.0. The molecule has 1 aromatic rings. The minimum absolute atomic E-state index is 0.197. The molecule has 0 bridgehead atoms. The second-order valence-electron chi connectivity index (χ2n) is 5.59. The molecule has 1 aromatic heterocycles. The number of carbonyl (C=O) groups excluding carboxylic acids is 1. The quantitative estimate of drug-likeness (QED) is 0.427. The molecule has 120 valence electrons. The zero-order chi connectivity index (χ0) is 15.9. The molecule has 0 saturated carbocycles. The van der Waals surface area contributed by atoms with E-state index in [-0.39, 0.29) is 12.0 Å². The molecule has 0 fully saturated rings. The van der Waals surface area contributed by atoms with Crippen LogP contribution >= 0.6 is 11.8 Å². The van der Waals surface area contributed by atoms with Crippen molar-refractivity contribution >= 4 is 17.7 Å². The number of rotatable bonds is 9. The molecule has 0 aromatic carbocycles. The van der Waals surface area contributed by atoms with Gasteiger partial charge in [0.25, 0.3) is 0 Å². The third kappa shape index (κ3) is 5.67. The second kappa shape index (κ2) is 8.38. The highest BCUT2D eigenvalue weighted by Crippen LogP contribution is 2.20. The average Bonchev–Trinajstić information content (AvgIpc) is 2.82. The fraction of sp³-hybridized carbons (Fsp3) is 0.786. The van der Waals surface area contributed by atoms with E-state index in [1.54, 1.807) is 22.8 Å². The number of thioether (sulfide) groups is 1. The van der Waals surface area contributed by atoms with Crippen LogP contribution in [0.1, 0.15) is 40.0 Å². The van der Waals surface area contributed by atoms with Gasteiger partial charge in [-0.25, -0.2) is 9.67 Å². The summed E-state index contributed by atoms with van der Waals surface area (Å²) in [6, 6.07) is 0.238. The summed E-state index contributed by atoms with van der Waals surface area (Å²) in [5.41, 5.74) is -0.613. The lowest BCUT2D eigenvalue weighted by Gasteiger charge is -2.30. The Bertz CT molecular complexity index is 450. The first-order chi connectivity index (χ1) is 9.89. The van der Waals surface area contributed by atoms with Crippen molar-refractivity contribution in [2.45, 2.75) is 56.8 Å². The Morgan fingerprint density at radius 2 is 2.24 bits per heavy atom. The van der Waals surface area contributed by atoms with Gasteiger partial charge in [0.1, 0.15) is 11.9 Å². The number of hydrogen-bond donors (Lipinski definition) is 1. The van der Waals surface area contributed by atoms with E-state index in [1.807, 2.05) is 27.8 Å². The molecule has 1 heterocycles. The highest BCUT2D eigenvalue weighted by molar-refractivity contribution is 7.99. The van der Waals surface area contributed by atoms with Crippen molar-refractivity contribution in [2.24, 2.45) is 7.05 Å². The van der Waals surface area contributed by atoms with Crippen LogP contribution in [0.3, 0.4) is 0 Å². The normalized spacial score (nSPS) is 14.2. The molecule has 0 aliphatic rings. The number of ether oxygens (including phenoxy) is 1. The van der Waals surface area contributed by atoms with Gasteiger partial charge < -0.3 is 4.74 Å². The average molecular weight is 314 g/mol. The van der Waals surface area contributed by atoms with Crippen molar-refractivity contribution in [3.63, 3.8) is 0 Å². The van der Waals surface area contributed by atoms with Crippen LogP contribution in [0.15, 0.2) is 11.5 Å². The summed E-state index contributed by atoms with van der Waals surface area (Å²) in [5.74, 6) is 0.767. The highest BCUT2D eigenvalue weighted by atomic mass is 32.2. The fourth-order valence-corrected chi connectivity index (χ4v) is 3.14. The van der Waals surface area contributed by atoms with Crippen LogP contribution in [0.5, 0.6) is 0 Å². The summed E-state index contributed by atoms with van der Waals surface area (Å²) in [6.45, 7) is 5.98. The SMILES string of the molecule is COC(=O)C(C)(CCCCSc1ncnn1C)NC(C)C. The van der Waals surface area contributed by atoms with Gasteiger partial charge >= 0.3 is 5.97 Å². The maximum atomic E-state index is 12.0. The number of aromatic nitrogens is 3. The molecule has 0 spiro atoms. The van der Waals surface area contributed by atoms with E-state index >= 15 is 0 Å². The molecule has 1 rings (SSSR count). The van der Waals surface area contributed by atoms with Gasteiger partial charge in [0.05, 0.1) is 7.11 Å². The zero-order valence-electron chi connectivity index (χ0n) is 13.5. The Morgan fingerprint density at radius 1 is 1.52 bits per heavy atom. The van der Waals surface area contributed by atoms with Crippen molar-refractivity contribution in [1.29, 1.82) is 0 Å². The first-order valence-electron chi connectivity index (χ1n) is 7.22. The topological polar surface area (TPSA) is 69.0 Å². The Balaban J connectivity index is 2.36. The van der Waals surface area contributed by atoms with E-state index in [0.29, 0.717) is 0 Å². The molecule has 7 heteroatoms. The lowest BCUT2D eigenvalue weighted by atomic mass is 9.94. The van der Waals surface area contributed by atoms with Gasteiger partial charge in [-0.05, 0) is 33.6 Å². The summed E-state index contributed by atoms with van der Waals surface area (Å²) in [7, 11) is 3.32. The Kier molecular flexibility index (Phi) is 7.17. The van der Waals surface area contributed by atoms with Crippen LogP contribution in [-0.4, -0.2) is 45.2 Å². The summed E-state index contributed by atoms with van der Waals surface area (Å²) >= 11 is 1.69. The second-order valence-corrected chi connectivity index (χ2v) is 6.66. The first kappa shape index (κ1) is 18.0. The van der Waals surface area contributed by atoms with Crippen molar-refractivity contribution in [2.75, 3.05) is 12.9 Å². The maximum Gasteiger partial charge on any atom is 0.325 e. The number of methoxy groups -OCH3 is 1. The van der Waals surface area contributed by atoms with Crippen LogP contribution in [0.2, 0.25) is 0 Å². The van der Waals surface area contributed by atoms with Crippen molar-refractivity contribution in [1.82, 2.24) is 20.1 Å². The van der Waals surface area contributed by atoms with Gasteiger partial charge in [-0.3, -0.25) is 10.1 Å². The van der Waals surface area contributed by atoms with Crippen molar-refractivity contribution in [3.8, 4) is 0 Å². The Morgan fingerprint density at radius 3 is 2.76 bits per heavy atom. The zero-order valence-corrected chi connectivity index (χ0v) is 14.4. The minimum atomic E-state index is -0.613. The summed E-state index contributed by atoms with van der Waals surface area (Å²) < 4.78 is 6.69. The summed E-state index contributed by atoms with van der Waals surface area (Å²) in [4.78, 5) is 16.1. The third-order valence-electron chi connectivity index (χ3n) is 3.22. The minimum Gasteiger partial charge on any atom is -0.468 e. The first-order valence-corrected chi connectivity index (χ1v) is 8.20. The van der Waals surface area contributed by atoms with Crippen LogP contribution < -0.4 is 5.32 Å². The monoisotopic (exact) mass is 314 g/mol. The molecule has 0 saturated heterocycles. The van der Waals surface area contributed by atoms with Crippen LogP contribution in [0.25, 0.3) is 0 Å². The molecular formula is C14H26N4O2S. The number of carbonyl (C=O) groups is 1. The number of hydrogen-bond acceptors (Lipinski definition) is 6. The standard InChI is InChI=1S/C14H26N4O2S/c1-11(2)17-14(3,12(19)20-5)8-6-7-9-21-13-15-10-16-18(13)4/h10-11,17H,6-9H2,1-5H3. The van der Waals surface area contributed by atoms with E-state index in [4.69, 9.17) is 4.74 Å². The van der Waals surface area contributed by atoms with Gasteiger partial charge in [0, 0.05) is 18.8 Å². The van der Waals surface area contributed by atoms with Gasteiger partial charge in [-0.2, -0.15) is 5.10 Å². The number of unbranched alkanes of at least 4 members (excludes halogenated alkanes) is 1. The van der Waals surface area contributed by atoms with Gasteiger partial charge in [0.15, 0.2) is 5.16 Å². The van der Waals surface area contributed by atoms with Gasteiger partial charge in [0.2, 0.25) is 0 Å². The fourth-order valence-electron chi connectivity index (χ4n) is 2.26. The van der Waals surface area contributed by atoms with Gasteiger partial charge in [-0.15, -0.1) is 0 Å². The molecular weight excluding hydrogens is 288 g/mol. The largest absolute Gasteiger partial charge is 0.468 e. The lowest BCUT2D eigenvalue weighted by molar-refractivity contribution is -0.148. The van der Waals surface area contributed by atoms with Crippen LogP contribution in [0.4, 0.5) is 0 Å². The molecule has 21 heavy (non-hydrogen) atoms. The molecule has 0 radical (unpaired) electrons. The molecule has 0 amide bonds. The Labute approximate surface area is 131 Å². The molecule has 1 unspecified atom stereocenters. The summed E-state index contributed by atoms with van der Waals surface area (Å²) in [6.07, 6.45) is 4.29. The predicted octanol–water partition coefficient (Wildman–Crippen LogP) is 2.01. The lowest BCUT2D eigenvalue weighted by Crippen LogP contribution is -2.52. The third-order valence-corrected chi connectivity index (χ3v) is 4.34. The molecule has 1 N–H and O–H groups in total. The van der Waals surface area contributed by atoms with Crippen molar-refractivity contribution < 1.29 is 9.53 Å². The van der Waals surface area contributed by atoms with Gasteiger partial charge in [-0.1, -0.05) is 18.2 Å². The van der Waals surface area contributed by atoms with E-state index in [2.05, 4.69) is 15.4 Å². The van der Waals surface area contributed by atoms with E-state index in [9.17, 15) is 4.79 Å². The smallest absolute Gasteiger partial charge is 0.325 e. The predicted molar refractivity (Wildman–Crippen MR) is 84.3 cm³/mol. The molecule has 0 aliphatic carbocycles. The van der Waals surface area contributed by atoms with E-state index < -0.39 is 5.54 Å². The highest BCUT2D eigenvalue weighted by Gasteiger charge is 2.33. The molecule has 6 nitrogen and oxygen atoms in total. The number of nitrogens with one attached hydrogen (secondary N) is 1. The number of nitrogens with zero attached hydrogens (tertiary/aromatic N) is 3. The number of esters is 1. The van der Waals surface area contributed by atoms with Crippen LogP contribution in [-0.2, 0) is 16.6 Å². The van der Waals surface area contributed by atoms with E-state index in [0.717, 1.165) is 30.2 Å². The van der Waals surface area contributed by atoms with E-state index in [1.165, 1.54) is 7.11 Å². The summed E-state index contributed by atoms with van der Waals surface area (Å²) in [5, 5.41) is 8.27. The number of aryl methyl sites for hydroxylation is 1.